The van der Waals surface area contributed by atoms with Gasteiger partial charge in [0.1, 0.15) is 5.78 Å². The molecule has 0 N–H and O–H groups in total. The van der Waals surface area contributed by atoms with Crippen LogP contribution in [-0.2, 0) is 14.3 Å². The molecule has 0 aliphatic heterocycles. The van der Waals surface area contributed by atoms with Crippen LogP contribution in [0.25, 0.3) is 0 Å². The summed E-state index contributed by atoms with van der Waals surface area (Å²) in [5.74, 6) is 0.538. The number of carbonyl (C=O) groups excluding carboxylic acids is 2. The summed E-state index contributed by atoms with van der Waals surface area (Å²) in [6.07, 6.45) is 10.4. The van der Waals surface area contributed by atoms with E-state index in [1.165, 1.54) is 39.2 Å². The van der Waals surface area contributed by atoms with Gasteiger partial charge in [0.15, 0.2) is 0 Å². The standard InChI is InChI=1S/C16H28O3/c1-3-4-5-6-7-8-9-14-13(10-11-15(14)17)12-16(18)19-2/h13-14H,3-12H2,1-2H3. The Kier molecular flexibility index (Phi) is 7.76. The lowest BCUT2D eigenvalue weighted by atomic mass is 9.88. The van der Waals surface area contributed by atoms with Crippen LogP contribution in [0.15, 0.2) is 0 Å². The van der Waals surface area contributed by atoms with E-state index in [0.717, 1.165) is 19.3 Å². The molecular formula is C16H28O3. The van der Waals surface area contributed by atoms with Gasteiger partial charge in [-0.3, -0.25) is 9.59 Å². The number of ketones is 1. The fourth-order valence-electron chi connectivity index (χ4n) is 3.06. The van der Waals surface area contributed by atoms with Gasteiger partial charge < -0.3 is 4.74 Å². The van der Waals surface area contributed by atoms with E-state index >= 15 is 0 Å². The Bertz CT molecular complexity index is 286. The molecule has 0 amide bonds. The Morgan fingerprint density at radius 2 is 1.89 bits per heavy atom. The average Bonchev–Trinajstić information content (AvgIpc) is 2.75. The lowest BCUT2D eigenvalue weighted by Crippen LogP contribution is -2.18. The molecule has 0 aromatic heterocycles. The van der Waals surface area contributed by atoms with E-state index in [0.29, 0.717) is 18.6 Å². The van der Waals surface area contributed by atoms with Crippen LogP contribution in [0.2, 0.25) is 0 Å². The Morgan fingerprint density at radius 3 is 2.58 bits per heavy atom. The second-order valence-electron chi connectivity index (χ2n) is 5.71. The van der Waals surface area contributed by atoms with Crippen molar-refractivity contribution in [2.45, 2.75) is 71.1 Å². The summed E-state index contributed by atoms with van der Waals surface area (Å²) in [4.78, 5) is 23.2. The molecule has 1 aliphatic carbocycles. The van der Waals surface area contributed by atoms with E-state index in [1.54, 1.807) is 0 Å². The maximum absolute atomic E-state index is 11.9. The SMILES string of the molecule is CCCCCCCCC1C(=O)CCC1CC(=O)OC. The van der Waals surface area contributed by atoms with Crippen LogP contribution in [0.4, 0.5) is 0 Å². The van der Waals surface area contributed by atoms with E-state index in [1.807, 2.05) is 0 Å². The predicted octanol–water partition coefficient (Wildman–Crippen LogP) is 3.90. The van der Waals surface area contributed by atoms with Gasteiger partial charge in [-0.15, -0.1) is 0 Å². The molecule has 1 saturated carbocycles. The third-order valence-corrected chi connectivity index (χ3v) is 4.27. The molecular weight excluding hydrogens is 240 g/mol. The molecule has 2 unspecified atom stereocenters. The van der Waals surface area contributed by atoms with Crippen molar-refractivity contribution in [1.82, 2.24) is 0 Å². The molecule has 0 saturated heterocycles. The highest BCUT2D eigenvalue weighted by molar-refractivity contribution is 5.84. The molecule has 0 radical (unpaired) electrons. The third kappa shape index (κ3) is 5.75. The van der Waals surface area contributed by atoms with Crippen molar-refractivity contribution in [3.8, 4) is 0 Å². The predicted molar refractivity (Wildman–Crippen MR) is 75.8 cm³/mol. The molecule has 0 aromatic carbocycles. The third-order valence-electron chi connectivity index (χ3n) is 4.27. The van der Waals surface area contributed by atoms with Gasteiger partial charge in [-0.1, -0.05) is 45.4 Å². The maximum Gasteiger partial charge on any atom is 0.305 e. The number of hydrogen-bond acceptors (Lipinski definition) is 3. The van der Waals surface area contributed by atoms with E-state index in [-0.39, 0.29) is 17.8 Å². The highest BCUT2D eigenvalue weighted by atomic mass is 16.5. The van der Waals surface area contributed by atoms with Gasteiger partial charge in [0, 0.05) is 18.8 Å². The smallest absolute Gasteiger partial charge is 0.305 e. The second-order valence-corrected chi connectivity index (χ2v) is 5.71. The molecule has 3 heteroatoms. The zero-order valence-electron chi connectivity index (χ0n) is 12.5. The van der Waals surface area contributed by atoms with Gasteiger partial charge >= 0.3 is 5.97 Å². The maximum atomic E-state index is 11.9. The van der Waals surface area contributed by atoms with E-state index in [9.17, 15) is 9.59 Å². The minimum atomic E-state index is -0.173. The Labute approximate surface area is 117 Å². The Balaban J connectivity index is 2.24. The number of ether oxygens (including phenoxy) is 1. The van der Waals surface area contributed by atoms with Gasteiger partial charge in [-0.25, -0.2) is 0 Å². The van der Waals surface area contributed by atoms with Crippen LogP contribution in [0.1, 0.15) is 71.1 Å². The first-order valence-corrected chi connectivity index (χ1v) is 7.78. The van der Waals surface area contributed by atoms with Crippen LogP contribution in [0.3, 0.4) is 0 Å². The van der Waals surface area contributed by atoms with Gasteiger partial charge in [0.05, 0.1) is 7.11 Å². The van der Waals surface area contributed by atoms with Crippen molar-refractivity contribution in [3.05, 3.63) is 0 Å². The zero-order valence-corrected chi connectivity index (χ0v) is 12.5. The fraction of sp³-hybridized carbons (Fsp3) is 0.875. The lowest BCUT2D eigenvalue weighted by Gasteiger charge is -2.17. The molecule has 2 atom stereocenters. The Morgan fingerprint density at radius 1 is 1.21 bits per heavy atom. The normalized spacial score (nSPS) is 22.7. The number of rotatable bonds is 9. The summed E-state index contributed by atoms with van der Waals surface area (Å²) < 4.78 is 4.72. The van der Waals surface area contributed by atoms with E-state index < -0.39 is 0 Å². The van der Waals surface area contributed by atoms with Crippen molar-refractivity contribution in [3.63, 3.8) is 0 Å². The number of hydrogen-bond donors (Lipinski definition) is 0. The highest BCUT2D eigenvalue weighted by Crippen LogP contribution is 2.35. The fourth-order valence-corrected chi connectivity index (χ4v) is 3.06. The monoisotopic (exact) mass is 268 g/mol. The molecule has 1 aliphatic rings. The zero-order chi connectivity index (χ0) is 14.1. The molecule has 0 spiro atoms. The minimum Gasteiger partial charge on any atom is -0.469 e. The molecule has 1 fully saturated rings. The van der Waals surface area contributed by atoms with Crippen LogP contribution in [0, 0.1) is 11.8 Å². The number of unbranched alkanes of at least 4 members (excludes halogenated alkanes) is 5. The van der Waals surface area contributed by atoms with Crippen molar-refractivity contribution >= 4 is 11.8 Å². The molecule has 19 heavy (non-hydrogen) atoms. The molecule has 110 valence electrons. The van der Waals surface area contributed by atoms with Crippen molar-refractivity contribution in [2.75, 3.05) is 7.11 Å². The molecule has 0 bridgehead atoms. The number of esters is 1. The van der Waals surface area contributed by atoms with Crippen molar-refractivity contribution in [1.29, 1.82) is 0 Å². The largest absolute Gasteiger partial charge is 0.469 e. The summed E-state index contributed by atoms with van der Waals surface area (Å²) in [5.41, 5.74) is 0. The van der Waals surface area contributed by atoms with Crippen molar-refractivity contribution in [2.24, 2.45) is 11.8 Å². The molecule has 1 rings (SSSR count). The first-order chi connectivity index (χ1) is 9.19. The summed E-state index contributed by atoms with van der Waals surface area (Å²) in [5, 5.41) is 0. The van der Waals surface area contributed by atoms with Crippen LogP contribution in [0.5, 0.6) is 0 Å². The molecule has 0 heterocycles. The van der Waals surface area contributed by atoms with Gasteiger partial charge in [0.25, 0.3) is 0 Å². The second kappa shape index (κ2) is 9.11. The van der Waals surface area contributed by atoms with E-state index in [2.05, 4.69) is 6.92 Å². The van der Waals surface area contributed by atoms with Crippen LogP contribution >= 0.6 is 0 Å². The van der Waals surface area contributed by atoms with Gasteiger partial charge in [0.2, 0.25) is 0 Å². The highest BCUT2D eigenvalue weighted by Gasteiger charge is 2.35. The van der Waals surface area contributed by atoms with Crippen molar-refractivity contribution < 1.29 is 14.3 Å². The first kappa shape index (κ1) is 16.2. The minimum absolute atomic E-state index is 0.116. The lowest BCUT2D eigenvalue weighted by molar-refractivity contribution is -0.142. The molecule has 3 nitrogen and oxygen atoms in total. The average molecular weight is 268 g/mol. The summed E-state index contributed by atoms with van der Waals surface area (Å²) >= 11 is 0. The first-order valence-electron chi connectivity index (χ1n) is 7.78. The molecule has 0 aromatic rings. The van der Waals surface area contributed by atoms with Gasteiger partial charge in [-0.05, 0) is 18.8 Å². The van der Waals surface area contributed by atoms with Gasteiger partial charge in [-0.2, -0.15) is 0 Å². The number of methoxy groups -OCH3 is 1. The quantitative estimate of drug-likeness (QED) is 0.470. The Hall–Kier alpha value is -0.860. The summed E-state index contributed by atoms with van der Waals surface area (Å²) in [6.45, 7) is 2.22. The summed E-state index contributed by atoms with van der Waals surface area (Å²) in [6, 6.07) is 0. The van der Waals surface area contributed by atoms with Crippen LogP contribution in [-0.4, -0.2) is 18.9 Å². The number of Topliss-reactive ketones (excluding diaryl/α,β-unsaturated/α-hetero) is 1. The van der Waals surface area contributed by atoms with E-state index in [4.69, 9.17) is 4.74 Å². The number of carbonyl (C=O) groups is 2. The van der Waals surface area contributed by atoms with Crippen LogP contribution < -0.4 is 0 Å². The topological polar surface area (TPSA) is 43.4 Å². The summed E-state index contributed by atoms with van der Waals surface area (Å²) in [7, 11) is 1.42.